The van der Waals surface area contributed by atoms with Crippen molar-refractivity contribution in [2.24, 2.45) is 0 Å². The molecule has 0 N–H and O–H groups in total. The SMILES string of the molecule is CCN(CC)S(=O)(=O)c1cccc(-c2nn(-c3ccccc3)cc2/C=C2\SC(=S)N(Cc3ccc(OC)cc3)C2=O)c1. The van der Waals surface area contributed by atoms with Gasteiger partial charge in [0, 0.05) is 30.4 Å². The van der Waals surface area contributed by atoms with Gasteiger partial charge in [0.1, 0.15) is 15.8 Å². The highest BCUT2D eigenvalue weighted by atomic mass is 32.2. The molecule has 1 aromatic heterocycles. The maximum absolute atomic E-state index is 13.5. The van der Waals surface area contributed by atoms with Gasteiger partial charge >= 0.3 is 0 Å². The molecule has 0 atom stereocenters. The molecule has 0 bridgehead atoms. The van der Waals surface area contributed by atoms with Crippen LogP contribution in [0.25, 0.3) is 23.0 Å². The summed E-state index contributed by atoms with van der Waals surface area (Å²) in [7, 11) is -2.07. The predicted molar refractivity (Wildman–Crippen MR) is 171 cm³/mol. The fourth-order valence-corrected chi connectivity index (χ4v) is 7.39. The van der Waals surface area contributed by atoms with Crippen LogP contribution in [0.15, 0.2) is 94.9 Å². The average Bonchev–Trinajstić information content (AvgIpc) is 3.55. The third-order valence-corrected chi connectivity index (χ3v) is 10.3. The minimum Gasteiger partial charge on any atom is -0.497 e. The van der Waals surface area contributed by atoms with E-state index in [4.69, 9.17) is 22.1 Å². The van der Waals surface area contributed by atoms with Crippen molar-refractivity contribution in [1.82, 2.24) is 19.0 Å². The van der Waals surface area contributed by atoms with E-state index in [1.165, 1.54) is 16.1 Å². The Kier molecular flexibility index (Phi) is 8.93. The Bertz CT molecular complexity index is 1750. The van der Waals surface area contributed by atoms with Crippen molar-refractivity contribution in [3.05, 3.63) is 101 Å². The molecule has 1 amide bonds. The van der Waals surface area contributed by atoms with E-state index in [0.29, 0.717) is 45.7 Å². The number of ether oxygens (including phenoxy) is 1. The predicted octanol–water partition coefficient (Wildman–Crippen LogP) is 5.98. The zero-order chi connectivity index (χ0) is 29.9. The second-order valence-corrected chi connectivity index (χ2v) is 13.1. The number of carbonyl (C=O) groups is 1. The van der Waals surface area contributed by atoms with Gasteiger partial charge < -0.3 is 4.74 Å². The normalized spacial score (nSPS) is 14.8. The highest BCUT2D eigenvalue weighted by Crippen LogP contribution is 2.36. The summed E-state index contributed by atoms with van der Waals surface area (Å²) in [5, 5.41) is 4.83. The number of nitrogens with zero attached hydrogens (tertiary/aromatic N) is 4. The second-order valence-electron chi connectivity index (χ2n) is 9.45. The lowest BCUT2D eigenvalue weighted by Gasteiger charge is -2.18. The molecule has 0 aliphatic carbocycles. The molecule has 8 nitrogen and oxygen atoms in total. The van der Waals surface area contributed by atoms with Crippen LogP contribution < -0.4 is 4.74 Å². The number of amides is 1. The minimum absolute atomic E-state index is 0.190. The molecular formula is C31H30N4O4S3. The lowest BCUT2D eigenvalue weighted by molar-refractivity contribution is -0.122. The van der Waals surface area contributed by atoms with Gasteiger partial charge in [-0.1, -0.05) is 80.3 Å². The minimum atomic E-state index is -3.68. The van der Waals surface area contributed by atoms with E-state index in [0.717, 1.165) is 17.0 Å². The molecule has 5 rings (SSSR count). The van der Waals surface area contributed by atoms with Gasteiger partial charge in [0.15, 0.2) is 0 Å². The fraction of sp³-hybridized carbons (Fsp3) is 0.194. The molecule has 216 valence electrons. The summed E-state index contributed by atoms with van der Waals surface area (Å²) < 4.78 is 35.4. The van der Waals surface area contributed by atoms with Crippen LogP contribution in [0.2, 0.25) is 0 Å². The third-order valence-electron chi connectivity index (χ3n) is 6.87. The lowest BCUT2D eigenvalue weighted by Crippen LogP contribution is -2.30. The largest absolute Gasteiger partial charge is 0.497 e. The van der Waals surface area contributed by atoms with Gasteiger partial charge in [-0.2, -0.15) is 9.40 Å². The van der Waals surface area contributed by atoms with Crippen molar-refractivity contribution in [2.75, 3.05) is 20.2 Å². The molecule has 0 spiro atoms. The maximum Gasteiger partial charge on any atom is 0.266 e. The van der Waals surface area contributed by atoms with E-state index in [-0.39, 0.29) is 10.8 Å². The lowest BCUT2D eigenvalue weighted by atomic mass is 10.1. The Morgan fingerprint density at radius 2 is 1.71 bits per heavy atom. The maximum atomic E-state index is 13.5. The van der Waals surface area contributed by atoms with E-state index < -0.39 is 10.0 Å². The van der Waals surface area contributed by atoms with E-state index in [2.05, 4.69) is 0 Å². The molecule has 11 heteroatoms. The first-order valence-corrected chi connectivity index (χ1v) is 16.1. The molecule has 0 saturated carbocycles. The molecule has 2 heterocycles. The van der Waals surface area contributed by atoms with Crippen LogP contribution in [0.4, 0.5) is 0 Å². The molecule has 4 aromatic rings. The molecular weight excluding hydrogens is 589 g/mol. The number of methoxy groups -OCH3 is 1. The van der Waals surface area contributed by atoms with Gasteiger partial charge in [-0.25, -0.2) is 13.1 Å². The highest BCUT2D eigenvalue weighted by Gasteiger charge is 2.32. The number of carbonyl (C=O) groups excluding carboxylic acids is 1. The molecule has 1 fully saturated rings. The fourth-order valence-electron chi connectivity index (χ4n) is 4.64. The topological polar surface area (TPSA) is 84.7 Å². The highest BCUT2D eigenvalue weighted by molar-refractivity contribution is 8.26. The first-order valence-electron chi connectivity index (χ1n) is 13.4. The summed E-state index contributed by atoms with van der Waals surface area (Å²) >= 11 is 6.82. The summed E-state index contributed by atoms with van der Waals surface area (Å²) in [6, 6.07) is 23.9. The van der Waals surface area contributed by atoms with Gasteiger partial charge in [-0.05, 0) is 48.0 Å². The monoisotopic (exact) mass is 618 g/mol. The molecule has 0 unspecified atom stereocenters. The van der Waals surface area contributed by atoms with Crippen molar-refractivity contribution in [3.8, 4) is 22.7 Å². The Morgan fingerprint density at radius 3 is 2.38 bits per heavy atom. The van der Waals surface area contributed by atoms with E-state index in [1.54, 1.807) is 41.0 Å². The van der Waals surface area contributed by atoms with Gasteiger partial charge in [-0.15, -0.1) is 0 Å². The number of rotatable bonds is 10. The summed E-state index contributed by atoms with van der Waals surface area (Å²) in [6.07, 6.45) is 3.62. The summed E-state index contributed by atoms with van der Waals surface area (Å²) in [5.41, 5.74) is 3.60. The summed E-state index contributed by atoms with van der Waals surface area (Å²) in [6.45, 7) is 4.71. The number of hydrogen-bond donors (Lipinski definition) is 0. The number of benzene rings is 3. The van der Waals surface area contributed by atoms with E-state index in [1.807, 2.05) is 80.7 Å². The number of thioether (sulfide) groups is 1. The zero-order valence-corrected chi connectivity index (χ0v) is 25.9. The van der Waals surface area contributed by atoms with Crippen LogP contribution >= 0.6 is 24.0 Å². The molecule has 3 aromatic carbocycles. The first-order chi connectivity index (χ1) is 20.2. The molecule has 42 heavy (non-hydrogen) atoms. The number of sulfonamides is 1. The Balaban J connectivity index is 1.54. The Hall–Kier alpha value is -3.77. The quantitative estimate of drug-likeness (QED) is 0.160. The van der Waals surface area contributed by atoms with E-state index >= 15 is 0 Å². The summed E-state index contributed by atoms with van der Waals surface area (Å²) in [4.78, 5) is 15.7. The Morgan fingerprint density at radius 1 is 1.00 bits per heavy atom. The van der Waals surface area contributed by atoms with Gasteiger partial charge in [-0.3, -0.25) is 9.69 Å². The van der Waals surface area contributed by atoms with Crippen molar-refractivity contribution < 1.29 is 17.9 Å². The number of aromatic nitrogens is 2. The number of thiocarbonyl (C=S) groups is 1. The van der Waals surface area contributed by atoms with Crippen LogP contribution in [0.5, 0.6) is 5.75 Å². The van der Waals surface area contributed by atoms with Crippen molar-refractivity contribution in [1.29, 1.82) is 0 Å². The van der Waals surface area contributed by atoms with Crippen molar-refractivity contribution in [3.63, 3.8) is 0 Å². The number of hydrogen-bond acceptors (Lipinski definition) is 7. The smallest absolute Gasteiger partial charge is 0.266 e. The van der Waals surface area contributed by atoms with Crippen LogP contribution in [0.1, 0.15) is 25.0 Å². The first kappa shape index (κ1) is 29.7. The average molecular weight is 619 g/mol. The van der Waals surface area contributed by atoms with Crippen LogP contribution in [0.3, 0.4) is 0 Å². The Labute approximate surface area is 255 Å². The third kappa shape index (κ3) is 6.05. The van der Waals surface area contributed by atoms with Crippen molar-refractivity contribution in [2.45, 2.75) is 25.3 Å². The van der Waals surface area contributed by atoms with Gasteiger partial charge in [0.25, 0.3) is 5.91 Å². The van der Waals surface area contributed by atoms with Gasteiger partial charge in [0.2, 0.25) is 10.0 Å². The van der Waals surface area contributed by atoms with E-state index in [9.17, 15) is 13.2 Å². The second kappa shape index (κ2) is 12.6. The summed E-state index contributed by atoms with van der Waals surface area (Å²) in [5.74, 6) is 0.540. The van der Waals surface area contributed by atoms with Crippen LogP contribution in [-0.2, 0) is 21.4 Å². The van der Waals surface area contributed by atoms with Crippen molar-refractivity contribution >= 4 is 50.3 Å². The van der Waals surface area contributed by atoms with Crippen LogP contribution in [-0.4, -0.2) is 57.8 Å². The number of para-hydroxylation sites is 1. The zero-order valence-electron chi connectivity index (χ0n) is 23.4. The van der Waals surface area contributed by atoms with Crippen LogP contribution in [0, 0.1) is 0 Å². The molecule has 1 aliphatic rings. The molecule has 1 saturated heterocycles. The molecule has 0 radical (unpaired) electrons. The van der Waals surface area contributed by atoms with Gasteiger partial charge in [0.05, 0.1) is 29.1 Å². The standard InChI is InChI=1S/C31H30N4O4S3/c1-4-33(5-2)42(37,38)27-13-9-10-23(18-27)29-24(21-35(32-29)25-11-7-6-8-12-25)19-28-30(36)34(31(40)41-28)20-22-14-16-26(39-3)17-15-22/h6-19,21H,4-5,20H2,1-3H3/b28-19-. The molecule has 1 aliphatic heterocycles.